The Bertz CT molecular complexity index is 545. The maximum Gasteiger partial charge on any atom is 0.123 e. The van der Waals surface area contributed by atoms with Gasteiger partial charge in [0, 0.05) is 37.3 Å². The second-order valence-electron chi connectivity index (χ2n) is 6.29. The maximum absolute atomic E-state index is 13.4. The Morgan fingerprint density at radius 2 is 2.10 bits per heavy atom. The molecular formula is C16H23FN4. The summed E-state index contributed by atoms with van der Waals surface area (Å²) < 4.78 is 13.4. The number of nitrogens with one attached hydrogen (secondary N) is 1. The predicted octanol–water partition coefficient (Wildman–Crippen LogP) is 1.78. The molecule has 2 aliphatic heterocycles. The number of nitrogen functional groups attached to an aromatic ring is 1. The molecule has 5 heteroatoms. The fourth-order valence-electron chi connectivity index (χ4n) is 3.70. The summed E-state index contributed by atoms with van der Waals surface area (Å²) in [6.45, 7) is 2.84. The fraction of sp³-hybridized carbons (Fsp3) is 0.562. The SMILES string of the molecule is CN1C2CCC1CN(Cc1ccc(F)cc1C(=N)N)CC2. The summed E-state index contributed by atoms with van der Waals surface area (Å²) in [4.78, 5) is 4.93. The van der Waals surface area contributed by atoms with Crippen LogP contribution in [0.15, 0.2) is 18.2 Å². The zero-order chi connectivity index (χ0) is 15.0. The van der Waals surface area contributed by atoms with Crippen LogP contribution in [0.3, 0.4) is 0 Å². The van der Waals surface area contributed by atoms with Crippen molar-refractivity contribution < 1.29 is 4.39 Å². The first-order valence-electron chi connectivity index (χ1n) is 7.61. The van der Waals surface area contributed by atoms with Gasteiger partial charge in [0.25, 0.3) is 0 Å². The molecule has 21 heavy (non-hydrogen) atoms. The molecule has 114 valence electrons. The molecule has 4 nitrogen and oxygen atoms in total. The lowest BCUT2D eigenvalue weighted by molar-refractivity contribution is 0.214. The van der Waals surface area contributed by atoms with Crippen LogP contribution in [0, 0.1) is 11.2 Å². The molecule has 2 saturated heterocycles. The predicted molar refractivity (Wildman–Crippen MR) is 81.9 cm³/mol. The number of fused-ring (bicyclic) bond motifs is 2. The topological polar surface area (TPSA) is 56.4 Å². The van der Waals surface area contributed by atoms with Gasteiger partial charge < -0.3 is 5.73 Å². The van der Waals surface area contributed by atoms with E-state index < -0.39 is 0 Å². The minimum atomic E-state index is -0.335. The number of likely N-dealkylation sites (N-methyl/N-ethyl adjacent to an activating group) is 1. The molecule has 2 heterocycles. The Labute approximate surface area is 125 Å². The lowest BCUT2D eigenvalue weighted by Gasteiger charge is -2.26. The monoisotopic (exact) mass is 290 g/mol. The Kier molecular flexibility index (Phi) is 3.95. The molecule has 0 aromatic heterocycles. The highest BCUT2D eigenvalue weighted by atomic mass is 19.1. The summed E-state index contributed by atoms with van der Waals surface area (Å²) in [5.41, 5.74) is 7.07. The molecule has 1 aromatic rings. The van der Waals surface area contributed by atoms with Crippen molar-refractivity contribution in [2.24, 2.45) is 5.73 Å². The van der Waals surface area contributed by atoms with E-state index in [2.05, 4.69) is 16.8 Å². The Balaban J connectivity index is 1.76. The van der Waals surface area contributed by atoms with Crippen molar-refractivity contribution >= 4 is 5.84 Å². The van der Waals surface area contributed by atoms with E-state index in [4.69, 9.17) is 11.1 Å². The van der Waals surface area contributed by atoms with E-state index in [0.717, 1.165) is 25.2 Å². The van der Waals surface area contributed by atoms with Gasteiger partial charge in [-0.1, -0.05) is 6.07 Å². The molecule has 1 aromatic carbocycles. The molecule has 0 aliphatic carbocycles. The summed E-state index contributed by atoms with van der Waals surface area (Å²) in [5.74, 6) is -0.392. The van der Waals surface area contributed by atoms with Crippen molar-refractivity contribution in [2.45, 2.75) is 37.9 Å². The van der Waals surface area contributed by atoms with Gasteiger partial charge in [-0.3, -0.25) is 15.2 Å². The summed E-state index contributed by atoms with van der Waals surface area (Å²) in [6, 6.07) is 5.92. The van der Waals surface area contributed by atoms with Crippen molar-refractivity contribution in [3.63, 3.8) is 0 Å². The Hall–Kier alpha value is -1.46. The number of hydrogen-bond acceptors (Lipinski definition) is 3. The van der Waals surface area contributed by atoms with Crippen molar-refractivity contribution in [1.29, 1.82) is 5.41 Å². The highest BCUT2D eigenvalue weighted by molar-refractivity contribution is 5.96. The molecule has 2 fully saturated rings. The normalized spacial score (nSPS) is 26.8. The third-order valence-electron chi connectivity index (χ3n) is 4.99. The first kappa shape index (κ1) is 14.5. The van der Waals surface area contributed by atoms with Crippen molar-refractivity contribution in [3.05, 3.63) is 35.1 Å². The Morgan fingerprint density at radius 1 is 1.33 bits per heavy atom. The molecule has 2 bridgehead atoms. The van der Waals surface area contributed by atoms with E-state index in [1.807, 2.05) is 0 Å². The molecule has 2 unspecified atom stereocenters. The Morgan fingerprint density at radius 3 is 2.86 bits per heavy atom. The highest BCUT2D eigenvalue weighted by Crippen LogP contribution is 2.29. The largest absolute Gasteiger partial charge is 0.384 e. The average Bonchev–Trinajstić information content (AvgIpc) is 2.68. The molecule has 0 amide bonds. The third kappa shape index (κ3) is 2.94. The van der Waals surface area contributed by atoms with Gasteiger partial charge in [0.1, 0.15) is 11.7 Å². The van der Waals surface area contributed by atoms with Crippen LogP contribution < -0.4 is 5.73 Å². The molecule has 0 radical (unpaired) electrons. The molecule has 2 atom stereocenters. The number of nitrogens with two attached hydrogens (primary N) is 1. The van der Waals surface area contributed by atoms with Crippen LogP contribution in [0.5, 0.6) is 0 Å². The van der Waals surface area contributed by atoms with E-state index in [0.29, 0.717) is 17.6 Å². The van der Waals surface area contributed by atoms with Crippen LogP contribution >= 0.6 is 0 Å². The van der Waals surface area contributed by atoms with Crippen LogP contribution in [-0.4, -0.2) is 47.9 Å². The first-order valence-corrected chi connectivity index (χ1v) is 7.61. The molecule has 3 rings (SSSR count). The van der Waals surface area contributed by atoms with Gasteiger partial charge in [0.15, 0.2) is 0 Å². The van der Waals surface area contributed by atoms with E-state index in [1.54, 1.807) is 6.07 Å². The quantitative estimate of drug-likeness (QED) is 0.659. The van der Waals surface area contributed by atoms with E-state index in [1.165, 1.54) is 31.4 Å². The van der Waals surface area contributed by atoms with Crippen LogP contribution in [0.1, 0.15) is 30.4 Å². The molecular weight excluding hydrogens is 267 g/mol. The molecule has 2 aliphatic rings. The van der Waals surface area contributed by atoms with Gasteiger partial charge >= 0.3 is 0 Å². The smallest absolute Gasteiger partial charge is 0.123 e. The van der Waals surface area contributed by atoms with Crippen LogP contribution in [0.25, 0.3) is 0 Å². The number of nitrogens with zero attached hydrogens (tertiary/aromatic N) is 2. The summed E-state index contributed by atoms with van der Waals surface area (Å²) in [7, 11) is 2.23. The maximum atomic E-state index is 13.4. The number of rotatable bonds is 3. The van der Waals surface area contributed by atoms with E-state index in [-0.39, 0.29) is 11.7 Å². The minimum absolute atomic E-state index is 0.0574. The summed E-state index contributed by atoms with van der Waals surface area (Å²) in [6.07, 6.45) is 3.76. The van der Waals surface area contributed by atoms with Crippen molar-refractivity contribution in [1.82, 2.24) is 9.80 Å². The minimum Gasteiger partial charge on any atom is -0.384 e. The van der Waals surface area contributed by atoms with Gasteiger partial charge in [0.2, 0.25) is 0 Å². The van der Waals surface area contributed by atoms with E-state index in [9.17, 15) is 4.39 Å². The number of hydrogen-bond donors (Lipinski definition) is 2. The fourth-order valence-corrected chi connectivity index (χ4v) is 3.70. The zero-order valence-electron chi connectivity index (χ0n) is 12.5. The average molecular weight is 290 g/mol. The lowest BCUT2D eigenvalue weighted by atomic mass is 10.0. The highest BCUT2D eigenvalue weighted by Gasteiger charge is 2.34. The molecule has 3 N–H and O–H groups in total. The van der Waals surface area contributed by atoms with Crippen LogP contribution in [0.4, 0.5) is 4.39 Å². The second kappa shape index (κ2) is 5.73. The second-order valence-corrected chi connectivity index (χ2v) is 6.29. The van der Waals surface area contributed by atoms with Crippen molar-refractivity contribution in [2.75, 3.05) is 20.1 Å². The lowest BCUT2D eigenvalue weighted by Crippen LogP contribution is -2.36. The van der Waals surface area contributed by atoms with Gasteiger partial charge in [-0.15, -0.1) is 0 Å². The summed E-state index contributed by atoms with van der Waals surface area (Å²) >= 11 is 0. The number of benzene rings is 1. The van der Waals surface area contributed by atoms with Gasteiger partial charge in [-0.05, 0) is 44.0 Å². The van der Waals surface area contributed by atoms with Gasteiger partial charge in [-0.25, -0.2) is 4.39 Å². The molecule has 0 saturated carbocycles. The standard InChI is InChI=1S/C16H23FN4/c1-20-13-4-5-14(20)10-21(7-6-13)9-11-2-3-12(17)8-15(11)16(18)19/h2-3,8,13-14H,4-7,9-10H2,1H3,(H3,18,19). The first-order chi connectivity index (χ1) is 10.0. The van der Waals surface area contributed by atoms with Crippen LogP contribution in [-0.2, 0) is 6.54 Å². The zero-order valence-corrected chi connectivity index (χ0v) is 12.5. The number of halogens is 1. The van der Waals surface area contributed by atoms with E-state index >= 15 is 0 Å². The third-order valence-corrected chi connectivity index (χ3v) is 4.99. The van der Waals surface area contributed by atoms with Crippen LogP contribution in [0.2, 0.25) is 0 Å². The number of likely N-dealkylation sites (tertiary alicyclic amines) is 1. The van der Waals surface area contributed by atoms with Crippen molar-refractivity contribution in [3.8, 4) is 0 Å². The summed E-state index contributed by atoms with van der Waals surface area (Å²) in [5, 5.41) is 7.63. The van der Waals surface area contributed by atoms with Gasteiger partial charge in [-0.2, -0.15) is 0 Å². The van der Waals surface area contributed by atoms with Gasteiger partial charge in [0.05, 0.1) is 0 Å². The number of amidine groups is 1. The molecule has 0 spiro atoms.